The second-order valence-electron chi connectivity index (χ2n) is 4.21. The molecule has 0 aliphatic carbocycles. The first kappa shape index (κ1) is 12.1. The molecule has 0 atom stereocenters. The molecule has 1 heterocycles. The molecule has 94 valence electrons. The Kier molecular flexibility index (Phi) is 3.13. The number of carbonyl (C=O) groups is 1. The van der Waals surface area contributed by atoms with E-state index in [1.54, 1.807) is 28.8 Å². The predicted molar refractivity (Wildman–Crippen MR) is 79.0 cm³/mol. The van der Waals surface area contributed by atoms with Crippen molar-refractivity contribution in [1.29, 1.82) is 0 Å². The van der Waals surface area contributed by atoms with Gasteiger partial charge in [-0.3, -0.25) is 9.69 Å². The van der Waals surface area contributed by atoms with Gasteiger partial charge in [0.25, 0.3) is 5.91 Å². The molecule has 1 amide bonds. The van der Waals surface area contributed by atoms with Gasteiger partial charge in [0.1, 0.15) is 0 Å². The Morgan fingerprint density at radius 2 is 1.53 bits per heavy atom. The standard InChI is InChI=1S/C16H13NOS/c1-2-7-16(18)17-12-8-3-5-10-14(12)19-15-11-6-4-9-13(15)17/h2-11H,1H3/b7-2+. The Labute approximate surface area is 116 Å². The highest BCUT2D eigenvalue weighted by Gasteiger charge is 2.26. The first-order chi connectivity index (χ1) is 9.31. The van der Waals surface area contributed by atoms with Gasteiger partial charge in [-0.2, -0.15) is 0 Å². The highest BCUT2D eigenvalue weighted by atomic mass is 32.2. The number of anilines is 2. The van der Waals surface area contributed by atoms with E-state index in [-0.39, 0.29) is 5.91 Å². The molecule has 0 saturated carbocycles. The van der Waals surface area contributed by atoms with Crippen LogP contribution in [-0.4, -0.2) is 5.91 Å². The quantitative estimate of drug-likeness (QED) is 0.714. The number of hydrogen-bond acceptors (Lipinski definition) is 2. The Morgan fingerprint density at radius 3 is 2.05 bits per heavy atom. The minimum absolute atomic E-state index is 0.0114. The number of amides is 1. The van der Waals surface area contributed by atoms with Crippen molar-refractivity contribution in [1.82, 2.24) is 0 Å². The SMILES string of the molecule is C/C=C/C(=O)N1c2ccccc2Sc2ccccc21. The Hall–Kier alpha value is -2.00. The van der Waals surface area contributed by atoms with Gasteiger partial charge >= 0.3 is 0 Å². The van der Waals surface area contributed by atoms with Gasteiger partial charge < -0.3 is 0 Å². The molecule has 2 nitrogen and oxygen atoms in total. The summed E-state index contributed by atoms with van der Waals surface area (Å²) >= 11 is 1.70. The molecule has 0 aromatic heterocycles. The molecule has 0 bridgehead atoms. The summed E-state index contributed by atoms with van der Waals surface area (Å²) < 4.78 is 0. The lowest BCUT2D eigenvalue weighted by molar-refractivity contribution is -0.113. The maximum atomic E-state index is 12.4. The van der Waals surface area contributed by atoms with Crippen molar-refractivity contribution in [2.45, 2.75) is 16.7 Å². The third-order valence-corrected chi connectivity index (χ3v) is 4.09. The number of allylic oxidation sites excluding steroid dienone is 1. The van der Waals surface area contributed by atoms with Gasteiger partial charge in [0.15, 0.2) is 0 Å². The zero-order valence-corrected chi connectivity index (χ0v) is 11.4. The van der Waals surface area contributed by atoms with Crippen LogP contribution in [0.3, 0.4) is 0 Å². The Balaban J connectivity index is 2.19. The number of hydrogen-bond donors (Lipinski definition) is 0. The molecule has 2 aromatic carbocycles. The van der Waals surface area contributed by atoms with Crippen molar-refractivity contribution in [2.24, 2.45) is 0 Å². The van der Waals surface area contributed by atoms with Crippen molar-refractivity contribution in [3.05, 3.63) is 60.7 Å². The molecule has 2 aromatic rings. The van der Waals surface area contributed by atoms with E-state index >= 15 is 0 Å². The summed E-state index contributed by atoms with van der Waals surface area (Å²) in [6.07, 6.45) is 3.37. The Morgan fingerprint density at radius 1 is 1.00 bits per heavy atom. The van der Waals surface area contributed by atoms with Crippen molar-refractivity contribution < 1.29 is 4.79 Å². The number of benzene rings is 2. The van der Waals surface area contributed by atoms with Gasteiger partial charge in [-0.05, 0) is 37.3 Å². The maximum absolute atomic E-state index is 12.4. The number of rotatable bonds is 1. The zero-order valence-electron chi connectivity index (χ0n) is 10.5. The normalized spacial score (nSPS) is 13.2. The number of nitrogens with zero attached hydrogens (tertiary/aromatic N) is 1. The summed E-state index contributed by atoms with van der Waals surface area (Å²) in [5, 5.41) is 0. The fourth-order valence-electron chi connectivity index (χ4n) is 2.16. The molecule has 1 aliphatic heterocycles. The summed E-state index contributed by atoms with van der Waals surface area (Å²) in [4.78, 5) is 16.4. The lowest BCUT2D eigenvalue weighted by Crippen LogP contribution is -2.26. The summed E-state index contributed by atoms with van der Waals surface area (Å²) in [6.45, 7) is 1.86. The highest BCUT2D eigenvalue weighted by Crippen LogP contribution is 2.47. The van der Waals surface area contributed by atoms with E-state index in [4.69, 9.17) is 0 Å². The zero-order chi connectivity index (χ0) is 13.2. The summed E-state index contributed by atoms with van der Waals surface area (Å²) in [6, 6.07) is 16.0. The van der Waals surface area contributed by atoms with Crippen LogP contribution in [0.4, 0.5) is 11.4 Å². The second-order valence-corrected chi connectivity index (χ2v) is 5.29. The maximum Gasteiger partial charge on any atom is 0.255 e. The first-order valence-electron chi connectivity index (χ1n) is 6.14. The summed E-state index contributed by atoms with van der Waals surface area (Å²) in [5.41, 5.74) is 1.91. The van der Waals surface area contributed by atoms with Crippen molar-refractivity contribution in [3.8, 4) is 0 Å². The molecule has 0 unspecified atom stereocenters. The molecule has 0 spiro atoms. The minimum atomic E-state index is -0.0114. The molecular weight excluding hydrogens is 254 g/mol. The third-order valence-electron chi connectivity index (χ3n) is 2.96. The van der Waals surface area contributed by atoms with E-state index < -0.39 is 0 Å². The lowest BCUT2D eigenvalue weighted by Gasteiger charge is -2.30. The third kappa shape index (κ3) is 2.06. The summed E-state index contributed by atoms with van der Waals surface area (Å²) in [7, 11) is 0. The fraction of sp³-hybridized carbons (Fsp3) is 0.0625. The monoisotopic (exact) mass is 267 g/mol. The van der Waals surface area contributed by atoms with Gasteiger partial charge in [-0.25, -0.2) is 0 Å². The van der Waals surface area contributed by atoms with E-state index in [1.807, 2.05) is 55.5 Å². The van der Waals surface area contributed by atoms with Crippen molar-refractivity contribution in [3.63, 3.8) is 0 Å². The molecular formula is C16H13NOS. The van der Waals surface area contributed by atoms with Gasteiger partial charge in [-0.15, -0.1) is 0 Å². The number of fused-ring (bicyclic) bond motifs is 2. The number of para-hydroxylation sites is 2. The largest absolute Gasteiger partial charge is 0.275 e. The van der Waals surface area contributed by atoms with Crippen LogP contribution in [0.15, 0.2) is 70.5 Å². The van der Waals surface area contributed by atoms with Gasteiger partial charge in [0.05, 0.1) is 11.4 Å². The van der Waals surface area contributed by atoms with Crippen LogP contribution >= 0.6 is 11.8 Å². The van der Waals surface area contributed by atoms with Gasteiger partial charge in [-0.1, -0.05) is 42.1 Å². The van der Waals surface area contributed by atoms with Crippen LogP contribution in [0.5, 0.6) is 0 Å². The van der Waals surface area contributed by atoms with Gasteiger partial charge in [0.2, 0.25) is 0 Å². The van der Waals surface area contributed by atoms with E-state index in [1.165, 1.54) is 0 Å². The predicted octanol–water partition coefficient (Wildman–Crippen LogP) is 4.39. The molecule has 0 fully saturated rings. The van der Waals surface area contributed by atoms with Gasteiger partial charge in [0, 0.05) is 9.79 Å². The summed E-state index contributed by atoms with van der Waals surface area (Å²) in [5.74, 6) is -0.0114. The molecule has 0 radical (unpaired) electrons. The molecule has 3 rings (SSSR count). The molecule has 0 saturated heterocycles. The minimum Gasteiger partial charge on any atom is -0.275 e. The number of carbonyl (C=O) groups excluding carboxylic acids is 1. The van der Waals surface area contributed by atoms with Crippen LogP contribution in [0.2, 0.25) is 0 Å². The van der Waals surface area contributed by atoms with Crippen LogP contribution in [0.25, 0.3) is 0 Å². The van der Waals surface area contributed by atoms with Crippen LogP contribution in [0.1, 0.15) is 6.92 Å². The highest BCUT2D eigenvalue weighted by molar-refractivity contribution is 7.99. The van der Waals surface area contributed by atoms with Crippen LogP contribution in [-0.2, 0) is 4.79 Å². The average Bonchev–Trinajstić information content (AvgIpc) is 2.44. The van der Waals surface area contributed by atoms with Crippen molar-refractivity contribution >= 4 is 29.0 Å². The van der Waals surface area contributed by atoms with Crippen LogP contribution < -0.4 is 4.90 Å². The fourth-order valence-corrected chi connectivity index (χ4v) is 3.22. The topological polar surface area (TPSA) is 20.3 Å². The van der Waals surface area contributed by atoms with E-state index in [2.05, 4.69) is 0 Å². The average molecular weight is 267 g/mol. The van der Waals surface area contributed by atoms with E-state index in [0.717, 1.165) is 21.2 Å². The van der Waals surface area contributed by atoms with E-state index in [9.17, 15) is 4.79 Å². The molecule has 3 heteroatoms. The molecule has 19 heavy (non-hydrogen) atoms. The van der Waals surface area contributed by atoms with Crippen molar-refractivity contribution in [2.75, 3.05) is 4.90 Å². The molecule has 0 N–H and O–H groups in total. The second kappa shape index (κ2) is 4.94. The molecule has 1 aliphatic rings. The lowest BCUT2D eigenvalue weighted by atomic mass is 10.2. The first-order valence-corrected chi connectivity index (χ1v) is 6.95. The van der Waals surface area contributed by atoms with E-state index in [0.29, 0.717) is 0 Å². The smallest absolute Gasteiger partial charge is 0.255 e. The van der Waals surface area contributed by atoms with Crippen LogP contribution in [0, 0.1) is 0 Å². The Bertz CT molecular complexity index is 618.